The molecular formula is C15H23N7O. The molecule has 1 fully saturated rings. The van der Waals surface area contributed by atoms with Gasteiger partial charge in [0.1, 0.15) is 5.84 Å². The van der Waals surface area contributed by atoms with Crippen molar-refractivity contribution in [1.29, 1.82) is 5.41 Å². The number of hydrogen-bond donors (Lipinski definition) is 3. The normalized spacial score (nSPS) is 16.0. The smallest absolute Gasteiger partial charge is 0.178 e. The highest BCUT2D eigenvalue weighted by molar-refractivity contribution is 6.04. The second kappa shape index (κ2) is 7.49. The fourth-order valence-corrected chi connectivity index (χ4v) is 2.79. The van der Waals surface area contributed by atoms with Crippen molar-refractivity contribution in [2.24, 2.45) is 5.73 Å². The van der Waals surface area contributed by atoms with E-state index in [1.807, 2.05) is 4.57 Å². The maximum atomic E-state index is 7.68. The van der Waals surface area contributed by atoms with E-state index in [-0.39, 0.29) is 5.84 Å². The average Bonchev–Trinajstić information content (AvgIpc) is 2.98. The second-order valence-electron chi connectivity index (χ2n) is 5.62. The average molecular weight is 317 g/mol. The summed E-state index contributed by atoms with van der Waals surface area (Å²) in [5.41, 5.74) is 7.74. The Labute approximate surface area is 135 Å². The van der Waals surface area contributed by atoms with Crippen LogP contribution in [0.1, 0.15) is 12.0 Å². The minimum atomic E-state index is 0.0338. The molecule has 0 aliphatic carbocycles. The standard InChI is InChI=1S/C15H23N7O/c16-14(17)12-2-4-19-15-13(12)22(11-20-15)10-18-3-1-5-21-6-8-23-9-7-21/h2,4,11,18H,1,3,5-10H2,(H3,16,17). The number of morpholine rings is 1. The molecule has 3 rings (SSSR count). The number of nitrogen functional groups attached to an aromatic ring is 1. The maximum Gasteiger partial charge on any atom is 0.178 e. The number of nitrogens with one attached hydrogen (secondary N) is 2. The van der Waals surface area contributed by atoms with Crippen LogP contribution in [0.3, 0.4) is 0 Å². The number of nitrogens with zero attached hydrogens (tertiary/aromatic N) is 4. The molecule has 1 saturated heterocycles. The minimum absolute atomic E-state index is 0.0338. The molecule has 0 spiro atoms. The van der Waals surface area contributed by atoms with E-state index in [2.05, 4.69) is 20.2 Å². The Bertz CT molecular complexity index is 663. The number of pyridine rings is 1. The molecule has 0 aromatic carbocycles. The van der Waals surface area contributed by atoms with Gasteiger partial charge in [-0.25, -0.2) is 9.97 Å². The van der Waals surface area contributed by atoms with Gasteiger partial charge in [-0.15, -0.1) is 0 Å². The van der Waals surface area contributed by atoms with Crippen LogP contribution >= 0.6 is 0 Å². The van der Waals surface area contributed by atoms with E-state index in [0.29, 0.717) is 17.9 Å². The van der Waals surface area contributed by atoms with Gasteiger partial charge < -0.3 is 15.0 Å². The molecule has 8 nitrogen and oxygen atoms in total. The summed E-state index contributed by atoms with van der Waals surface area (Å²) in [6.07, 6.45) is 4.45. The molecule has 3 heterocycles. The molecule has 0 saturated carbocycles. The molecule has 0 bridgehead atoms. The predicted octanol–water partition coefficient (Wildman–Crippen LogP) is -0.0152. The van der Waals surface area contributed by atoms with Gasteiger partial charge in [0.2, 0.25) is 0 Å². The van der Waals surface area contributed by atoms with Crippen LogP contribution in [0.25, 0.3) is 11.2 Å². The zero-order chi connectivity index (χ0) is 16.1. The highest BCUT2D eigenvalue weighted by Crippen LogP contribution is 2.14. The van der Waals surface area contributed by atoms with E-state index in [1.54, 1.807) is 18.6 Å². The van der Waals surface area contributed by atoms with Crippen molar-refractivity contribution in [3.63, 3.8) is 0 Å². The van der Waals surface area contributed by atoms with E-state index >= 15 is 0 Å². The van der Waals surface area contributed by atoms with Crippen molar-refractivity contribution in [1.82, 2.24) is 24.8 Å². The lowest BCUT2D eigenvalue weighted by Crippen LogP contribution is -2.37. The van der Waals surface area contributed by atoms with Crippen LogP contribution < -0.4 is 11.1 Å². The third-order valence-corrected chi connectivity index (χ3v) is 4.02. The maximum absolute atomic E-state index is 7.68. The van der Waals surface area contributed by atoms with Gasteiger partial charge in [-0.05, 0) is 25.6 Å². The van der Waals surface area contributed by atoms with Gasteiger partial charge in [0, 0.05) is 24.8 Å². The summed E-state index contributed by atoms with van der Waals surface area (Å²) in [5.74, 6) is 0.0338. The summed E-state index contributed by atoms with van der Waals surface area (Å²) in [6.45, 7) is 6.38. The fourth-order valence-electron chi connectivity index (χ4n) is 2.79. The number of hydrogen-bond acceptors (Lipinski definition) is 6. The van der Waals surface area contributed by atoms with Crippen molar-refractivity contribution in [2.45, 2.75) is 13.1 Å². The van der Waals surface area contributed by atoms with Crippen LogP contribution in [0.4, 0.5) is 0 Å². The molecule has 0 amide bonds. The number of ether oxygens (including phenoxy) is 1. The summed E-state index contributed by atoms with van der Waals surface area (Å²) in [4.78, 5) is 10.9. The van der Waals surface area contributed by atoms with Gasteiger partial charge >= 0.3 is 0 Å². The van der Waals surface area contributed by atoms with Crippen LogP contribution in [0, 0.1) is 5.41 Å². The number of aromatic nitrogens is 3. The van der Waals surface area contributed by atoms with Gasteiger partial charge in [-0.3, -0.25) is 15.6 Å². The zero-order valence-electron chi connectivity index (χ0n) is 13.2. The molecule has 8 heteroatoms. The van der Waals surface area contributed by atoms with E-state index in [4.69, 9.17) is 15.9 Å². The Morgan fingerprint density at radius 1 is 1.35 bits per heavy atom. The molecule has 1 aliphatic heterocycles. The number of imidazole rings is 1. The monoisotopic (exact) mass is 317 g/mol. The van der Waals surface area contributed by atoms with E-state index in [0.717, 1.165) is 51.3 Å². The molecule has 124 valence electrons. The van der Waals surface area contributed by atoms with Crippen molar-refractivity contribution < 1.29 is 4.74 Å². The van der Waals surface area contributed by atoms with Gasteiger partial charge in [0.05, 0.1) is 31.7 Å². The first-order chi connectivity index (χ1) is 11.3. The lowest BCUT2D eigenvalue weighted by Gasteiger charge is -2.26. The minimum Gasteiger partial charge on any atom is -0.384 e. The summed E-state index contributed by atoms with van der Waals surface area (Å²) < 4.78 is 7.30. The topological polar surface area (TPSA) is 105 Å². The van der Waals surface area contributed by atoms with Crippen molar-refractivity contribution in [3.05, 3.63) is 24.2 Å². The molecule has 23 heavy (non-hydrogen) atoms. The lowest BCUT2D eigenvalue weighted by atomic mass is 10.2. The lowest BCUT2D eigenvalue weighted by molar-refractivity contribution is 0.0374. The molecule has 0 radical (unpaired) electrons. The van der Waals surface area contributed by atoms with Gasteiger partial charge in [0.25, 0.3) is 0 Å². The Kier molecular flexibility index (Phi) is 5.16. The van der Waals surface area contributed by atoms with Crippen molar-refractivity contribution in [2.75, 3.05) is 39.4 Å². The van der Waals surface area contributed by atoms with Gasteiger partial charge in [0.15, 0.2) is 5.65 Å². The Hall–Kier alpha value is -2.03. The van der Waals surface area contributed by atoms with Gasteiger partial charge in [-0.1, -0.05) is 0 Å². The Morgan fingerprint density at radius 2 is 2.17 bits per heavy atom. The van der Waals surface area contributed by atoms with E-state index in [1.165, 1.54) is 0 Å². The first-order valence-corrected chi connectivity index (χ1v) is 7.91. The first kappa shape index (κ1) is 15.9. The molecule has 0 unspecified atom stereocenters. The Balaban J connectivity index is 1.52. The van der Waals surface area contributed by atoms with Crippen LogP contribution in [0.5, 0.6) is 0 Å². The predicted molar refractivity (Wildman–Crippen MR) is 88.4 cm³/mol. The van der Waals surface area contributed by atoms with Crippen LogP contribution in [-0.4, -0.2) is 64.7 Å². The molecular weight excluding hydrogens is 294 g/mol. The molecule has 2 aromatic heterocycles. The third kappa shape index (κ3) is 3.84. The number of fused-ring (bicyclic) bond motifs is 1. The summed E-state index contributed by atoms with van der Waals surface area (Å²) >= 11 is 0. The van der Waals surface area contributed by atoms with E-state index in [9.17, 15) is 0 Å². The highest BCUT2D eigenvalue weighted by Gasteiger charge is 2.11. The molecule has 1 aliphatic rings. The largest absolute Gasteiger partial charge is 0.384 e. The van der Waals surface area contributed by atoms with Crippen LogP contribution in [0.15, 0.2) is 18.6 Å². The molecule has 2 aromatic rings. The SMILES string of the molecule is N=C(N)c1ccnc2ncn(CNCCCN3CCOCC3)c12. The molecule has 0 atom stereocenters. The number of amidine groups is 1. The zero-order valence-corrected chi connectivity index (χ0v) is 13.2. The summed E-state index contributed by atoms with van der Waals surface area (Å²) in [5, 5.41) is 11.1. The number of rotatable bonds is 7. The quantitative estimate of drug-likeness (QED) is 0.377. The first-order valence-electron chi connectivity index (χ1n) is 7.91. The Morgan fingerprint density at radius 3 is 2.96 bits per heavy atom. The third-order valence-electron chi connectivity index (χ3n) is 4.02. The van der Waals surface area contributed by atoms with Crippen molar-refractivity contribution >= 4 is 17.0 Å². The summed E-state index contributed by atoms with van der Waals surface area (Å²) in [7, 11) is 0. The second-order valence-corrected chi connectivity index (χ2v) is 5.62. The van der Waals surface area contributed by atoms with Crippen LogP contribution in [-0.2, 0) is 11.4 Å². The van der Waals surface area contributed by atoms with Gasteiger partial charge in [-0.2, -0.15) is 0 Å². The van der Waals surface area contributed by atoms with Crippen molar-refractivity contribution in [3.8, 4) is 0 Å². The molecule has 4 N–H and O–H groups in total. The summed E-state index contributed by atoms with van der Waals surface area (Å²) in [6, 6.07) is 1.75. The number of nitrogens with two attached hydrogens (primary N) is 1. The van der Waals surface area contributed by atoms with E-state index < -0.39 is 0 Å². The fraction of sp³-hybridized carbons (Fsp3) is 0.533. The highest BCUT2D eigenvalue weighted by atomic mass is 16.5. The van der Waals surface area contributed by atoms with Crippen LogP contribution in [0.2, 0.25) is 0 Å².